The summed E-state index contributed by atoms with van der Waals surface area (Å²) >= 11 is 0. The molecule has 6 heteroatoms. The number of likely N-dealkylation sites (tertiary alicyclic amines) is 1. The molecule has 0 aliphatic carbocycles. The first-order chi connectivity index (χ1) is 13.8. The summed E-state index contributed by atoms with van der Waals surface area (Å²) in [6.07, 6.45) is 5.26. The first kappa shape index (κ1) is 20.0. The molecule has 2 saturated heterocycles. The third-order valence-corrected chi connectivity index (χ3v) is 6.19. The Morgan fingerprint density at radius 2 is 2.04 bits per heavy atom. The van der Waals surface area contributed by atoms with Crippen molar-refractivity contribution in [3.63, 3.8) is 0 Å². The highest BCUT2D eigenvalue weighted by molar-refractivity contribution is 5.48. The number of nitrogens with zero attached hydrogens (tertiary/aromatic N) is 2. The minimum atomic E-state index is 0.331. The van der Waals surface area contributed by atoms with Gasteiger partial charge in [-0.15, -0.1) is 0 Å². The molecular formula is C22H34N2O4. The molecule has 0 bridgehead atoms. The molecule has 0 N–H and O–H groups in total. The zero-order valence-electron chi connectivity index (χ0n) is 17.1. The molecule has 1 atom stereocenters. The van der Waals surface area contributed by atoms with Crippen LogP contribution in [-0.2, 0) is 16.0 Å². The number of ether oxygens (including phenoxy) is 4. The first-order valence-corrected chi connectivity index (χ1v) is 10.7. The Hall–Kier alpha value is -1.34. The molecule has 0 saturated carbocycles. The van der Waals surface area contributed by atoms with E-state index in [0.29, 0.717) is 12.9 Å². The van der Waals surface area contributed by atoms with Crippen molar-refractivity contribution in [2.45, 2.75) is 38.3 Å². The topological polar surface area (TPSA) is 43.4 Å². The molecule has 156 valence electrons. The smallest absolute Gasteiger partial charge is 0.231 e. The second-order valence-electron chi connectivity index (χ2n) is 8.26. The highest BCUT2D eigenvalue weighted by Crippen LogP contribution is 2.36. The van der Waals surface area contributed by atoms with Crippen LogP contribution in [0.25, 0.3) is 0 Å². The summed E-state index contributed by atoms with van der Waals surface area (Å²) in [6.45, 7) is 8.52. The van der Waals surface area contributed by atoms with Crippen molar-refractivity contribution >= 4 is 0 Å². The highest BCUT2D eigenvalue weighted by atomic mass is 16.7. The molecule has 3 aliphatic rings. The van der Waals surface area contributed by atoms with Gasteiger partial charge in [-0.3, -0.25) is 4.90 Å². The maximum Gasteiger partial charge on any atom is 0.231 e. The van der Waals surface area contributed by atoms with Crippen LogP contribution in [0.2, 0.25) is 0 Å². The van der Waals surface area contributed by atoms with Gasteiger partial charge in [-0.25, -0.2) is 0 Å². The molecule has 0 radical (unpaired) electrons. The number of methoxy groups -OCH3 is 1. The molecule has 6 nitrogen and oxygen atoms in total. The van der Waals surface area contributed by atoms with E-state index in [4.69, 9.17) is 18.9 Å². The van der Waals surface area contributed by atoms with Crippen LogP contribution in [0.3, 0.4) is 0 Å². The van der Waals surface area contributed by atoms with Crippen LogP contribution in [0.4, 0.5) is 0 Å². The summed E-state index contributed by atoms with van der Waals surface area (Å²) in [5.41, 5.74) is 1.23. The van der Waals surface area contributed by atoms with Crippen LogP contribution in [-0.4, -0.2) is 75.7 Å². The fourth-order valence-corrected chi connectivity index (χ4v) is 4.61. The summed E-state index contributed by atoms with van der Waals surface area (Å²) < 4.78 is 22.5. The summed E-state index contributed by atoms with van der Waals surface area (Å²) in [5, 5.41) is 0. The van der Waals surface area contributed by atoms with Crippen LogP contribution >= 0.6 is 0 Å². The lowest BCUT2D eigenvalue weighted by Gasteiger charge is -2.35. The maximum absolute atomic E-state index is 5.94. The first-order valence-electron chi connectivity index (χ1n) is 10.7. The van der Waals surface area contributed by atoms with Crippen LogP contribution in [0, 0.1) is 5.92 Å². The minimum absolute atomic E-state index is 0.331. The maximum atomic E-state index is 5.94. The summed E-state index contributed by atoms with van der Waals surface area (Å²) in [4.78, 5) is 5.11. The van der Waals surface area contributed by atoms with Crippen LogP contribution < -0.4 is 9.47 Å². The Bertz CT molecular complexity index is 613. The Kier molecular flexibility index (Phi) is 7.07. The number of fused-ring (bicyclic) bond motifs is 1. The zero-order valence-corrected chi connectivity index (χ0v) is 17.1. The van der Waals surface area contributed by atoms with Crippen LogP contribution in [0.5, 0.6) is 11.5 Å². The van der Waals surface area contributed by atoms with Crippen molar-refractivity contribution in [2.24, 2.45) is 5.92 Å². The van der Waals surface area contributed by atoms with Gasteiger partial charge in [0.05, 0.1) is 12.7 Å². The van der Waals surface area contributed by atoms with E-state index in [0.717, 1.165) is 56.8 Å². The van der Waals surface area contributed by atoms with Crippen LogP contribution in [0.15, 0.2) is 18.2 Å². The van der Waals surface area contributed by atoms with Gasteiger partial charge in [0.2, 0.25) is 6.79 Å². The van der Waals surface area contributed by atoms with E-state index in [2.05, 4.69) is 21.9 Å². The molecule has 3 aliphatic heterocycles. The van der Waals surface area contributed by atoms with E-state index in [1.807, 2.05) is 6.07 Å². The number of piperidine rings is 1. The molecule has 1 unspecified atom stereocenters. The molecule has 0 aromatic heterocycles. The molecule has 4 rings (SSSR count). The molecule has 28 heavy (non-hydrogen) atoms. The number of rotatable bonds is 9. The second-order valence-corrected chi connectivity index (χ2v) is 8.26. The number of para-hydroxylation sites is 1. The van der Waals surface area contributed by atoms with Crippen molar-refractivity contribution in [2.75, 3.05) is 59.8 Å². The fourth-order valence-electron chi connectivity index (χ4n) is 4.61. The van der Waals surface area contributed by atoms with Gasteiger partial charge in [-0.05, 0) is 50.8 Å². The lowest BCUT2D eigenvalue weighted by atomic mass is 9.95. The minimum Gasteiger partial charge on any atom is -0.454 e. The van der Waals surface area contributed by atoms with E-state index >= 15 is 0 Å². The average molecular weight is 391 g/mol. The Labute approximate surface area is 168 Å². The van der Waals surface area contributed by atoms with E-state index < -0.39 is 0 Å². The monoisotopic (exact) mass is 390 g/mol. The Balaban J connectivity index is 1.36. The molecule has 0 spiro atoms. The van der Waals surface area contributed by atoms with Gasteiger partial charge in [-0.1, -0.05) is 12.1 Å². The quantitative estimate of drug-likeness (QED) is 0.646. The number of hydrogen-bond acceptors (Lipinski definition) is 6. The largest absolute Gasteiger partial charge is 0.454 e. The zero-order chi connectivity index (χ0) is 19.2. The molecular weight excluding hydrogens is 356 g/mol. The van der Waals surface area contributed by atoms with E-state index in [9.17, 15) is 0 Å². The van der Waals surface area contributed by atoms with Crippen molar-refractivity contribution in [3.8, 4) is 11.5 Å². The SMILES string of the molecule is COCCN1CCC(CN(Cc2cccc3c2OCO3)CC2CCCO2)CC1. The van der Waals surface area contributed by atoms with Gasteiger partial charge in [0.15, 0.2) is 11.5 Å². The Morgan fingerprint density at radius 1 is 1.14 bits per heavy atom. The lowest BCUT2D eigenvalue weighted by molar-refractivity contribution is 0.0548. The van der Waals surface area contributed by atoms with Gasteiger partial charge >= 0.3 is 0 Å². The van der Waals surface area contributed by atoms with Crippen LogP contribution in [0.1, 0.15) is 31.2 Å². The van der Waals surface area contributed by atoms with E-state index in [1.165, 1.54) is 44.3 Å². The summed E-state index contributed by atoms with van der Waals surface area (Å²) in [6, 6.07) is 6.23. The third-order valence-electron chi connectivity index (χ3n) is 6.19. The summed E-state index contributed by atoms with van der Waals surface area (Å²) in [7, 11) is 1.78. The van der Waals surface area contributed by atoms with Crippen molar-refractivity contribution in [1.82, 2.24) is 9.80 Å². The average Bonchev–Trinajstić information content (AvgIpc) is 3.39. The third kappa shape index (κ3) is 5.17. The predicted molar refractivity (Wildman–Crippen MR) is 108 cm³/mol. The van der Waals surface area contributed by atoms with Gasteiger partial charge in [0.25, 0.3) is 0 Å². The molecule has 0 amide bonds. The van der Waals surface area contributed by atoms with Crippen molar-refractivity contribution < 1.29 is 18.9 Å². The fraction of sp³-hybridized carbons (Fsp3) is 0.727. The number of benzene rings is 1. The van der Waals surface area contributed by atoms with Crippen molar-refractivity contribution in [3.05, 3.63) is 23.8 Å². The van der Waals surface area contributed by atoms with Crippen molar-refractivity contribution in [1.29, 1.82) is 0 Å². The normalized spacial score (nSPS) is 23.0. The molecule has 2 fully saturated rings. The van der Waals surface area contributed by atoms with Gasteiger partial charge < -0.3 is 23.8 Å². The number of hydrogen-bond donors (Lipinski definition) is 0. The molecule has 1 aromatic rings. The summed E-state index contributed by atoms with van der Waals surface area (Å²) in [5.74, 6) is 2.55. The van der Waals surface area contributed by atoms with E-state index in [-0.39, 0.29) is 0 Å². The predicted octanol–water partition coefficient (Wildman–Crippen LogP) is 2.75. The lowest BCUT2D eigenvalue weighted by Crippen LogP contribution is -2.41. The van der Waals surface area contributed by atoms with Gasteiger partial charge in [0, 0.05) is 45.5 Å². The molecule has 3 heterocycles. The molecule has 1 aromatic carbocycles. The standard InChI is InChI=1S/C22H34N2O4/c1-25-13-11-23-9-7-18(8-10-23)14-24(16-20-5-3-12-26-20)15-19-4-2-6-21-22(19)28-17-27-21/h2,4,6,18,20H,3,5,7-17H2,1H3. The van der Waals surface area contributed by atoms with Gasteiger partial charge in [0.1, 0.15) is 0 Å². The van der Waals surface area contributed by atoms with E-state index in [1.54, 1.807) is 7.11 Å². The second kappa shape index (κ2) is 9.92. The Morgan fingerprint density at radius 3 is 2.82 bits per heavy atom. The highest BCUT2D eigenvalue weighted by Gasteiger charge is 2.26. The van der Waals surface area contributed by atoms with Gasteiger partial charge in [-0.2, -0.15) is 0 Å².